The predicted octanol–water partition coefficient (Wildman–Crippen LogP) is 3.11. The van der Waals surface area contributed by atoms with Gasteiger partial charge in [-0.05, 0) is 29.2 Å². The van der Waals surface area contributed by atoms with E-state index in [0.29, 0.717) is 0 Å². The largest absolute Gasteiger partial charge is 0.323 e. The summed E-state index contributed by atoms with van der Waals surface area (Å²) >= 11 is 0. The van der Waals surface area contributed by atoms with Gasteiger partial charge in [-0.2, -0.15) is 0 Å². The Morgan fingerprint density at radius 3 is 2.20 bits per heavy atom. The predicted molar refractivity (Wildman–Crippen MR) is 64.0 cm³/mol. The minimum Gasteiger partial charge on any atom is -0.323 e. The third-order valence-corrected chi connectivity index (χ3v) is 2.20. The second-order valence-corrected chi connectivity index (χ2v) is 4.52. The fraction of sp³-hybridized carbons (Fsp3) is 0.308. The van der Waals surface area contributed by atoms with Crippen LogP contribution in [0.25, 0.3) is 0 Å². The van der Waals surface area contributed by atoms with Crippen LogP contribution in [0.2, 0.25) is 0 Å². The van der Waals surface area contributed by atoms with Gasteiger partial charge in [0, 0.05) is 5.69 Å². The van der Waals surface area contributed by atoms with E-state index in [4.69, 9.17) is 0 Å². The van der Waals surface area contributed by atoms with E-state index < -0.39 is 0 Å². The molecule has 2 nitrogen and oxygen atoms in total. The number of carbonyl (C=O) groups is 1. The van der Waals surface area contributed by atoms with Gasteiger partial charge in [0.15, 0.2) is 0 Å². The zero-order valence-electron chi connectivity index (χ0n) is 9.50. The summed E-state index contributed by atoms with van der Waals surface area (Å²) in [5.41, 5.74) is 2.19. The Bertz CT molecular complexity index is 357. The van der Waals surface area contributed by atoms with Crippen LogP contribution in [-0.4, -0.2) is 5.91 Å². The highest BCUT2D eigenvalue weighted by molar-refractivity contribution is 5.98. The number of hydrogen-bond acceptors (Lipinski definition) is 1. The third-order valence-electron chi connectivity index (χ3n) is 2.20. The van der Waals surface area contributed by atoms with Gasteiger partial charge in [0.25, 0.3) is 0 Å². The van der Waals surface area contributed by atoms with E-state index in [-0.39, 0.29) is 11.3 Å². The van der Waals surface area contributed by atoms with Crippen molar-refractivity contribution in [3.63, 3.8) is 0 Å². The van der Waals surface area contributed by atoms with Gasteiger partial charge in [-0.3, -0.25) is 4.79 Å². The fourth-order valence-corrected chi connectivity index (χ4v) is 1.25. The Labute approximate surface area is 91.0 Å². The quantitative estimate of drug-likeness (QED) is 0.735. The number of anilines is 1. The number of rotatable bonds is 2. The Morgan fingerprint density at radius 2 is 1.80 bits per heavy atom. The lowest BCUT2D eigenvalue weighted by Crippen LogP contribution is -2.11. The van der Waals surface area contributed by atoms with Crippen LogP contribution in [0.1, 0.15) is 26.3 Å². The highest BCUT2D eigenvalue weighted by Crippen LogP contribution is 2.23. The molecule has 0 aromatic heterocycles. The fourth-order valence-electron chi connectivity index (χ4n) is 1.25. The van der Waals surface area contributed by atoms with Crippen LogP contribution in [0.3, 0.4) is 0 Å². The Balaban J connectivity index is 2.81. The Kier molecular flexibility index (Phi) is 3.30. The zero-order valence-corrected chi connectivity index (χ0v) is 9.50. The summed E-state index contributed by atoms with van der Waals surface area (Å²) in [6.07, 6.45) is 1.26. The minimum absolute atomic E-state index is 0.140. The van der Waals surface area contributed by atoms with E-state index in [0.717, 1.165) is 5.69 Å². The van der Waals surface area contributed by atoms with Gasteiger partial charge in [0.1, 0.15) is 0 Å². The standard InChI is InChI=1S/C13H17NO/c1-5-12(15)14-11-8-6-10(7-9-11)13(2,3)4/h5-9H,1H2,2-4H3,(H,14,15). The summed E-state index contributed by atoms with van der Waals surface area (Å²) in [5, 5.41) is 2.71. The van der Waals surface area contributed by atoms with Crippen molar-refractivity contribution >= 4 is 11.6 Å². The summed E-state index contributed by atoms with van der Waals surface area (Å²) in [5.74, 6) is -0.182. The van der Waals surface area contributed by atoms with E-state index in [1.807, 2.05) is 24.3 Å². The lowest BCUT2D eigenvalue weighted by Gasteiger charge is -2.19. The highest BCUT2D eigenvalue weighted by atomic mass is 16.1. The van der Waals surface area contributed by atoms with Gasteiger partial charge in [0.2, 0.25) is 5.91 Å². The maximum Gasteiger partial charge on any atom is 0.247 e. The van der Waals surface area contributed by atoms with E-state index >= 15 is 0 Å². The first-order chi connectivity index (χ1) is 6.93. The molecule has 0 aliphatic carbocycles. The molecule has 0 fully saturated rings. The molecule has 1 rings (SSSR count). The second-order valence-electron chi connectivity index (χ2n) is 4.52. The molecular formula is C13H17NO. The number of hydrogen-bond donors (Lipinski definition) is 1. The van der Waals surface area contributed by atoms with E-state index in [1.54, 1.807) is 0 Å². The van der Waals surface area contributed by atoms with Crippen LogP contribution in [0, 0.1) is 0 Å². The molecule has 0 atom stereocenters. The molecule has 0 aliphatic heterocycles. The van der Waals surface area contributed by atoms with Crippen LogP contribution in [0.4, 0.5) is 5.69 Å². The van der Waals surface area contributed by atoms with Crippen molar-refractivity contribution in [2.24, 2.45) is 0 Å². The molecular weight excluding hydrogens is 186 g/mol. The molecule has 1 aromatic rings. The molecule has 1 N–H and O–H groups in total. The molecule has 1 aromatic carbocycles. The summed E-state index contributed by atoms with van der Waals surface area (Å²) in [7, 11) is 0. The van der Waals surface area contributed by atoms with Crippen LogP contribution in [0.5, 0.6) is 0 Å². The van der Waals surface area contributed by atoms with Gasteiger partial charge >= 0.3 is 0 Å². The van der Waals surface area contributed by atoms with Crippen molar-refractivity contribution in [2.45, 2.75) is 26.2 Å². The van der Waals surface area contributed by atoms with Crippen LogP contribution in [-0.2, 0) is 10.2 Å². The zero-order chi connectivity index (χ0) is 11.5. The number of amides is 1. The van der Waals surface area contributed by atoms with Gasteiger partial charge in [-0.15, -0.1) is 0 Å². The molecule has 0 heterocycles. The van der Waals surface area contributed by atoms with Gasteiger partial charge in [-0.25, -0.2) is 0 Å². The van der Waals surface area contributed by atoms with E-state index in [9.17, 15) is 4.79 Å². The topological polar surface area (TPSA) is 29.1 Å². The van der Waals surface area contributed by atoms with Gasteiger partial charge in [-0.1, -0.05) is 39.5 Å². The molecule has 1 amide bonds. The second kappa shape index (κ2) is 4.30. The monoisotopic (exact) mass is 203 g/mol. The average molecular weight is 203 g/mol. The van der Waals surface area contributed by atoms with Crippen LogP contribution >= 0.6 is 0 Å². The van der Waals surface area contributed by atoms with Crippen molar-refractivity contribution in [1.29, 1.82) is 0 Å². The van der Waals surface area contributed by atoms with E-state index in [1.165, 1.54) is 11.6 Å². The smallest absolute Gasteiger partial charge is 0.247 e. The summed E-state index contributed by atoms with van der Waals surface area (Å²) in [4.78, 5) is 11.0. The van der Waals surface area contributed by atoms with Crippen molar-refractivity contribution in [3.05, 3.63) is 42.5 Å². The Hall–Kier alpha value is -1.57. The molecule has 0 saturated heterocycles. The normalized spacial score (nSPS) is 10.9. The summed E-state index contributed by atoms with van der Waals surface area (Å²) in [6, 6.07) is 7.86. The number of nitrogens with one attached hydrogen (secondary N) is 1. The van der Waals surface area contributed by atoms with E-state index in [2.05, 4.69) is 32.7 Å². The molecule has 0 unspecified atom stereocenters. The first-order valence-corrected chi connectivity index (χ1v) is 4.97. The van der Waals surface area contributed by atoms with Crippen molar-refractivity contribution in [1.82, 2.24) is 0 Å². The number of carbonyl (C=O) groups excluding carboxylic acids is 1. The van der Waals surface area contributed by atoms with Crippen LogP contribution < -0.4 is 5.32 Å². The molecule has 0 aliphatic rings. The molecule has 0 saturated carbocycles. The lowest BCUT2D eigenvalue weighted by atomic mass is 9.87. The first kappa shape index (κ1) is 11.5. The maximum absolute atomic E-state index is 11.0. The van der Waals surface area contributed by atoms with Crippen molar-refractivity contribution in [3.8, 4) is 0 Å². The molecule has 0 bridgehead atoms. The molecule has 0 radical (unpaired) electrons. The molecule has 15 heavy (non-hydrogen) atoms. The first-order valence-electron chi connectivity index (χ1n) is 4.97. The summed E-state index contributed by atoms with van der Waals surface area (Å²) < 4.78 is 0. The Morgan fingerprint density at radius 1 is 1.27 bits per heavy atom. The van der Waals surface area contributed by atoms with Gasteiger partial charge < -0.3 is 5.32 Å². The maximum atomic E-state index is 11.0. The molecule has 2 heteroatoms. The molecule has 0 spiro atoms. The van der Waals surface area contributed by atoms with Crippen molar-refractivity contribution in [2.75, 3.05) is 5.32 Å². The minimum atomic E-state index is -0.182. The third kappa shape index (κ3) is 3.24. The van der Waals surface area contributed by atoms with Crippen LogP contribution in [0.15, 0.2) is 36.9 Å². The SMILES string of the molecule is C=CC(=O)Nc1ccc(C(C)(C)C)cc1. The summed E-state index contributed by atoms with van der Waals surface area (Å²) in [6.45, 7) is 9.87. The van der Waals surface area contributed by atoms with Crippen molar-refractivity contribution < 1.29 is 4.79 Å². The number of benzene rings is 1. The van der Waals surface area contributed by atoms with Gasteiger partial charge in [0.05, 0.1) is 0 Å². The average Bonchev–Trinajstić information content (AvgIpc) is 2.17. The highest BCUT2D eigenvalue weighted by Gasteiger charge is 2.12. The lowest BCUT2D eigenvalue weighted by molar-refractivity contribution is -0.111. The molecule has 80 valence electrons.